The lowest BCUT2D eigenvalue weighted by Gasteiger charge is -2.18. The van der Waals surface area contributed by atoms with Gasteiger partial charge in [-0.2, -0.15) is 52.7 Å². The number of hydrogen-bond acceptors (Lipinski definition) is 2. The number of fused-ring (bicyclic) bond motifs is 3. The van der Waals surface area contributed by atoms with Gasteiger partial charge in [0.2, 0.25) is 0 Å². The molecule has 0 fully saturated rings. The molecule has 5 aromatic carbocycles. The number of amides is 1. The van der Waals surface area contributed by atoms with E-state index in [-0.39, 0.29) is 61.9 Å². The Hall–Kier alpha value is -5.80. The maximum atomic E-state index is 14.2. The van der Waals surface area contributed by atoms with Crippen molar-refractivity contribution in [1.82, 2.24) is 9.47 Å². The zero-order chi connectivity index (χ0) is 39.7. The van der Waals surface area contributed by atoms with Crippen molar-refractivity contribution < 1.29 is 62.3 Å². The first-order valence-electron chi connectivity index (χ1n) is 15.5. The molecule has 0 saturated heterocycles. The molecule has 4 nitrogen and oxygen atoms in total. The van der Waals surface area contributed by atoms with Gasteiger partial charge in [-0.15, -0.1) is 0 Å². The second-order valence-corrected chi connectivity index (χ2v) is 12.4. The van der Waals surface area contributed by atoms with E-state index in [1.165, 1.54) is 78.2 Å². The molecule has 6 rings (SSSR count). The predicted octanol–water partition coefficient (Wildman–Crippen LogP) is 11.7. The fraction of sp³-hybridized carbons (Fsp3) is 0.158. The lowest BCUT2D eigenvalue weighted by atomic mass is 9.94. The molecule has 0 aliphatic carbocycles. The quantitative estimate of drug-likeness (QED) is 0.130. The van der Waals surface area contributed by atoms with Crippen LogP contribution in [0.15, 0.2) is 91.0 Å². The van der Waals surface area contributed by atoms with E-state index in [4.69, 9.17) is 0 Å². The van der Waals surface area contributed by atoms with E-state index in [1.54, 1.807) is 0 Å². The number of aromatic nitrogens is 1. The Morgan fingerprint density at radius 2 is 1.02 bits per heavy atom. The summed E-state index contributed by atoms with van der Waals surface area (Å²) < 4.78 is 167. The molecule has 0 bridgehead atoms. The highest BCUT2D eigenvalue weighted by atomic mass is 19.4. The van der Waals surface area contributed by atoms with Gasteiger partial charge in [-0.25, -0.2) is 0 Å². The molecule has 280 valence electrons. The number of nitrogens with zero attached hydrogens (tertiary/aromatic N) is 2. The zero-order valence-corrected chi connectivity index (χ0v) is 27.5. The van der Waals surface area contributed by atoms with Crippen molar-refractivity contribution >= 4 is 34.0 Å². The maximum Gasteiger partial charge on any atom is 0.417 e. The van der Waals surface area contributed by atoms with E-state index in [2.05, 4.69) is 0 Å². The van der Waals surface area contributed by atoms with Crippen molar-refractivity contribution in [2.45, 2.75) is 24.7 Å². The van der Waals surface area contributed by atoms with Crippen LogP contribution in [0.4, 0.5) is 52.7 Å². The minimum absolute atomic E-state index is 0.0394. The Kier molecular flexibility index (Phi) is 9.10. The summed E-state index contributed by atoms with van der Waals surface area (Å²) in [5.74, 6) is -0.643. The van der Waals surface area contributed by atoms with Gasteiger partial charge in [0.05, 0.1) is 44.5 Å². The summed E-state index contributed by atoms with van der Waals surface area (Å²) in [5.41, 5.74) is -8.01. The van der Waals surface area contributed by atoms with E-state index >= 15 is 0 Å². The number of hydrogen-bond donors (Lipinski definition) is 0. The molecule has 1 amide bonds. The van der Waals surface area contributed by atoms with Crippen LogP contribution in [0.2, 0.25) is 0 Å². The lowest BCUT2D eigenvalue weighted by Crippen LogP contribution is -2.24. The van der Waals surface area contributed by atoms with E-state index in [9.17, 15) is 62.3 Å². The fourth-order valence-corrected chi connectivity index (χ4v) is 6.33. The van der Waals surface area contributed by atoms with E-state index in [0.29, 0.717) is 30.6 Å². The van der Waals surface area contributed by atoms with E-state index in [0.717, 1.165) is 0 Å². The topological polar surface area (TPSA) is 42.3 Å². The molecule has 0 N–H and O–H groups in total. The molecule has 0 aliphatic rings. The zero-order valence-electron chi connectivity index (χ0n) is 27.5. The molecule has 0 unspecified atom stereocenters. The third kappa shape index (κ3) is 6.76. The first kappa shape index (κ1) is 37.9. The van der Waals surface area contributed by atoms with E-state index < -0.39 is 64.0 Å². The van der Waals surface area contributed by atoms with Crippen LogP contribution in [0.1, 0.15) is 43.0 Å². The number of halogens is 12. The molecule has 0 aliphatic heterocycles. The summed E-state index contributed by atoms with van der Waals surface area (Å²) in [6, 6.07) is 13.6. The van der Waals surface area contributed by atoms with Crippen molar-refractivity contribution in [3.63, 3.8) is 0 Å². The van der Waals surface area contributed by atoms with Gasteiger partial charge in [-0.05, 0) is 76.9 Å². The van der Waals surface area contributed by atoms with Gasteiger partial charge in [-0.3, -0.25) is 9.59 Å². The molecule has 1 heterocycles. The minimum Gasteiger partial charge on any atom is -0.345 e. The van der Waals surface area contributed by atoms with Gasteiger partial charge in [0, 0.05) is 30.4 Å². The Labute approximate surface area is 296 Å². The van der Waals surface area contributed by atoms with Crippen molar-refractivity contribution in [2.75, 3.05) is 14.1 Å². The number of carbonyl (C=O) groups excluding carboxylic acids is 2. The molecule has 16 heteroatoms. The van der Waals surface area contributed by atoms with Crippen molar-refractivity contribution in [2.24, 2.45) is 0 Å². The number of benzene rings is 5. The van der Waals surface area contributed by atoms with Crippen LogP contribution in [0.3, 0.4) is 0 Å². The first-order chi connectivity index (χ1) is 25.0. The third-order valence-corrected chi connectivity index (χ3v) is 8.75. The standard InChI is InChI=1S/C38H22F12N2O2/c1-51(2)34(54)33-21(18-53)4-3-5-32(33)52-30-12-6-19(24-10-8-22(35(39,40)41)16-28(24)37(45,46)47)14-26(30)27-15-20(7-13-31(27)52)25-11-9-23(36(42,43)44)17-29(25)38(48,49)50/h3-18H,1-2H3. The van der Waals surface area contributed by atoms with Crippen molar-refractivity contribution in [3.8, 4) is 27.9 Å². The van der Waals surface area contributed by atoms with Gasteiger partial charge in [0.15, 0.2) is 6.29 Å². The molecular formula is C38H22F12N2O2. The average Bonchev–Trinajstić information content (AvgIpc) is 3.41. The third-order valence-electron chi connectivity index (χ3n) is 8.75. The van der Waals surface area contributed by atoms with Gasteiger partial charge < -0.3 is 9.47 Å². The monoisotopic (exact) mass is 766 g/mol. The van der Waals surface area contributed by atoms with Crippen LogP contribution >= 0.6 is 0 Å². The summed E-state index contributed by atoms with van der Waals surface area (Å²) in [6.45, 7) is 0. The second kappa shape index (κ2) is 13.0. The molecule has 1 aromatic heterocycles. The summed E-state index contributed by atoms with van der Waals surface area (Å²) >= 11 is 0. The van der Waals surface area contributed by atoms with Crippen molar-refractivity contribution in [3.05, 3.63) is 124 Å². The molecule has 0 atom stereocenters. The minimum atomic E-state index is -5.26. The molecule has 0 saturated carbocycles. The largest absolute Gasteiger partial charge is 0.417 e. The van der Waals surface area contributed by atoms with Crippen LogP contribution in [-0.4, -0.2) is 35.8 Å². The molecule has 0 spiro atoms. The Bertz CT molecular complexity index is 2340. The van der Waals surface area contributed by atoms with E-state index in [1.807, 2.05) is 0 Å². The number of rotatable bonds is 5. The number of aldehydes is 1. The molecule has 54 heavy (non-hydrogen) atoms. The molecule has 0 radical (unpaired) electrons. The summed E-state index contributed by atoms with van der Waals surface area (Å²) in [7, 11) is 2.81. The van der Waals surface area contributed by atoms with Crippen molar-refractivity contribution in [1.29, 1.82) is 0 Å². The second-order valence-electron chi connectivity index (χ2n) is 12.4. The average molecular weight is 767 g/mol. The first-order valence-corrected chi connectivity index (χ1v) is 15.5. The predicted molar refractivity (Wildman–Crippen MR) is 175 cm³/mol. The Morgan fingerprint density at radius 3 is 1.39 bits per heavy atom. The Balaban J connectivity index is 1.72. The van der Waals surface area contributed by atoms with Gasteiger partial charge >= 0.3 is 24.7 Å². The molecule has 6 aromatic rings. The normalized spacial score (nSPS) is 12.8. The van der Waals surface area contributed by atoms with Gasteiger partial charge in [-0.1, -0.05) is 36.4 Å². The van der Waals surface area contributed by atoms with Gasteiger partial charge in [0.25, 0.3) is 5.91 Å². The highest BCUT2D eigenvalue weighted by Gasteiger charge is 2.40. The maximum absolute atomic E-state index is 14.2. The summed E-state index contributed by atoms with van der Waals surface area (Å²) in [5, 5.41) is 0.0789. The summed E-state index contributed by atoms with van der Waals surface area (Å²) in [6.07, 6.45) is -20.3. The summed E-state index contributed by atoms with van der Waals surface area (Å²) in [4.78, 5) is 26.7. The van der Waals surface area contributed by atoms with Crippen LogP contribution < -0.4 is 0 Å². The fourth-order valence-electron chi connectivity index (χ4n) is 6.33. The SMILES string of the molecule is CN(C)C(=O)c1c(C=O)cccc1-n1c2ccc(-c3ccc(C(F)(F)F)cc3C(F)(F)F)cc2c2cc(-c3ccc(C(F)(F)F)cc3C(F)(F)F)ccc21. The highest BCUT2D eigenvalue weighted by Crippen LogP contribution is 2.45. The van der Waals surface area contributed by atoms with Gasteiger partial charge in [0.1, 0.15) is 0 Å². The number of alkyl halides is 12. The van der Waals surface area contributed by atoms with Crippen LogP contribution in [0.25, 0.3) is 49.7 Å². The van der Waals surface area contributed by atoms with Crippen LogP contribution in [0, 0.1) is 0 Å². The number of carbonyl (C=O) groups is 2. The Morgan fingerprint density at radius 1 is 0.574 bits per heavy atom. The molecular weight excluding hydrogens is 744 g/mol. The highest BCUT2D eigenvalue weighted by molar-refractivity contribution is 6.13. The smallest absolute Gasteiger partial charge is 0.345 e. The lowest BCUT2D eigenvalue weighted by molar-refractivity contribution is -0.144. The van der Waals surface area contributed by atoms with Crippen LogP contribution in [-0.2, 0) is 24.7 Å². The van der Waals surface area contributed by atoms with Crippen LogP contribution in [0.5, 0.6) is 0 Å².